The molecule has 0 aromatic heterocycles. The number of amides is 1. The number of phenolic OH excluding ortho intramolecular Hbond substituents is 1. The molecule has 3 N–H and O–H groups in total. The van der Waals surface area contributed by atoms with Gasteiger partial charge in [-0.05, 0) is 80.1 Å². The highest BCUT2D eigenvalue weighted by molar-refractivity contribution is 5.95. The molecule has 0 heterocycles. The number of aliphatic hydroxyl groups is 1. The van der Waals surface area contributed by atoms with E-state index in [9.17, 15) is 39.0 Å². The van der Waals surface area contributed by atoms with Gasteiger partial charge in [-0.25, -0.2) is 4.79 Å². The summed E-state index contributed by atoms with van der Waals surface area (Å²) in [5, 5.41) is 23.9. The van der Waals surface area contributed by atoms with Crippen LogP contribution in [0.1, 0.15) is 84.1 Å². The molecule has 1 amide bonds. The molecule has 7 atom stereocenters. The van der Waals surface area contributed by atoms with Crippen molar-refractivity contribution < 1.29 is 48.5 Å². The molecule has 47 heavy (non-hydrogen) atoms. The number of aromatic hydroxyl groups is 1. The van der Waals surface area contributed by atoms with Gasteiger partial charge < -0.3 is 25.0 Å². The average Bonchev–Trinajstić information content (AvgIpc) is 3.30. The molecule has 11 nitrogen and oxygen atoms in total. The maximum Gasteiger partial charge on any atom is 0.328 e. The lowest BCUT2D eigenvalue weighted by Gasteiger charge is -2.57. The van der Waals surface area contributed by atoms with Crippen LogP contribution in [0.3, 0.4) is 0 Å². The van der Waals surface area contributed by atoms with Crippen LogP contribution in [0.2, 0.25) is 0 Å². The molecule has 0 unspecified atom stereocenters. The summed E-state index contributed by atoms with van der Waals surface area (Å²) in [5.74, 6) is -2.85. The Kier molecular flexibility index (Phi) is 9.78. The highest BCUT2D eigenvalue weighted by Crippen LogP contribution is 2.66. The zero-order valence-electron chi connectivity index (χ0n) is 27.3. The molecule has 4 aliphatic carbocycles. The van der Waals surface area contributed by atoms with Crippen LogP contribution in [0.25, 0.3) is 0 Å². The predicted molar refractivity (Wildman–Crippen MR) is 168 cm³/mol. The maximum absolute atomic E-state index is 13.8. The van der Waals surface area contributed by atoms with Crippen molar-refractivity contribution in [1.29, 1.82) is 0 Å². The number of hydrogen-bond acceptors (Lipinski definition) is 10. The van der Waals surface area contributed by atoms with E-state index in [0.29, 0.717) is 24.8 Å². The van der Waals surface area contributed by atoms with Gasteiger partial charge in [0.25, 0.3) is 0 Å². The van der Waals surface area contributed by atoms with Gasteiger partial charge >= 0.3 is 11.9 Å². The van der Waals surface area contributed by atoms with E-state index in [2.05, 4.69) is 12.2 Å². The van der Waals surface area contributed by atoms with Crippen molar-refractivity contribution >= 4 is 35.2 Å². The molecule has 0 radical (unpaired) electrons. The van der Waals surface area contributed by atoms with E-state index < -0.39 is 47.3 Å². The fraction of sp³-hybridized carbons (Fsp3) is 0.611. The summed E-state index contributed by atoms with van der Waals surface area (Å²) < 4.78 is 10.3. The van der Waals surface area contributed by atoms with Crippen LogP contribution in [0.5, 0.6) is 5.75 Å². The minimum Gasteiger partial charge on any atom is -0.508 e. The summed E-state index contributed by atoms with van der Waals surface area (Å²) in [6, 6.07) is 5.15. The average molecular weight is 652 g/mol. The van der Waals surface area contributed by atoms with Gasteiger partial charge in [0.05, 0.1) is 13.0 Å². The van der Waals surface area contributed by atoms with E-state index in [4.69, 9.17) is 9.47 Å². The number of carbonyl (C=O) groups is 6. The zero-order valence-corrected chi connectivity index (χ0v) is 27.3. The highest BCUT2D eigenvalue weighted by atomic mass is 16.5. The molecular weight excluding hydrogens is 606 g/mol. The number of Topliss-reactive ketones (excluding diaryl/α,β-unsaturated/α-hetero) is 2. The Morgan fingerprint density at radius 1 is 1.00 bits per heavy atom. The van der Waals surface area contributed by atoms with Crippen LogP contribution < -0.4 is 5.32 Å². The largest absolute Gasteiger partial charge is 0.508 e. The van der Waals surface area contributed by atoms with Crippen LogP contribution in [0.15, 0.2) is 35.9 Å². The number of carbonyl (C=O) groups excluding carboxylic acids is 6. The van der Waals surface area contributed by atoms with E-state index in [0.717, 1.165) is 18.4 Å². The summed E-state index contributed by atoms with van der Waals surface area (Å²) in [6.07, 6.45) is 4.44. The summed E-state index contributed by atoms with van der Waals surface area (Å²) in [6.45, 7) is 4.97. The van der Waals surface area contributed by atoms with Gasteiger partial charge in [0.15, 0.2) is 12.4 Å². The summed E-state index contributed by atoms with van der Waals surface area (Å²) >= 11 is 0. The molecule has 3 saturated carbocycles. The Morgan fingerprint density at radius 2 is 1.72 bits per heavy atom. The topological polar surface area (TPSA) is 173 Å². The fourth-order valence-electron chi connectivity index (χ4n) is 8.97. The number of benzene rings is 1. The van der Waals surface area contributed by atoms with Crippen LogP contribution in [0, 0.1) is 28.6 Å². The number of hydrogen-bond donors (Lipinski definition) is 3. The molecule has 1 aromatic rings. The first kappa shape index (κ1) is 34.5. The monoisotopic (exact) mass is 651 g/mol. The fourth-order valence-corrected chi connectivity index (χ4v) is 8.97. The van der Waals surface area contributed by atoms with Gasteiger partial charge in [-0.15, -0.1) is 0 Å². The van der Waals surface area contributed by atoms with E-state index in [1.54, 1.807) is 32.1 Å². The van der Waals surface area contributed by atoms with Crippen LogP contribution in [-0.2, 0) is 44.7 Å². The molecule has 0 spiro atoms. The zero-order chi connectivity index (χ0) is 34.1. The molecule has 11 heteroatoms. The Morgan fingerprint density at radius 3 is 2.43 bits per heavy atom. The van der Waals surface area contributed by atoms with Crippen LogP contribution >= 0.6 is 0 Å². The molecule has 0 saturated heterocycles. The predicted octanol–water partition coefficient (Wildman–Crippen LogP) is 3.32. The van der Waals surface area contributed by atoms with Crippen molar-refractivity contribution in [2.24, 2.45) is 28.6 Å². The molecule has 254 valence electrons. The highest BCUT2D eigenvalue weighted by Gasteiger charge is 2.68. The lowest BCUT2D eigenvalue weighted by Crippen LogP contribution is -2.61. The first-order chi connectivity index (χ1) is 22.2. The number of fused-ring (bicyclic) bond motifs is 5. The number of ether oxygens (including phenoxy) is 2. The van der Waals surface area contributed by atoms with Crippen LogP contribution in [-0.4, -0.2) is 70.3 Å². The molecule has 5 rings (SSSR count). The summed E-state index contributed by atoms with van der Waals surface area (Å²) in [5.41, 5.74) is -1.50. The second-order valence-corrected chi connectivity index (χ2v) is 14.1. The van der Waals surface area contributed by atoms with Crippen molar-refractivity contribution in [2.75, 3.05) is 13.2 Å². The van der Waals surface area contributed by atoms with Gasteiger partial charge in [-0.3, -0.25) is 24.0 Å². The summed E-state index contributed by atoms with van der Waals surface area (Å²) in [7, 11) is 0. The van der Waals surface area contributed by atoms with Crippen molar-refractivity contribution in [3.8, 4) is 5.75 Å². The van der Waals surface area contributed by atoms with Crippen molar-refractivity contribution in [3.05, 3.63) is 41.5 Å². The molecule has 4 aliphatic rings. The van der Waals surface area contributed by atoms with E-state index in [-0.39, 0.29) is 79.2 Å². The lowest BCUT2D eigenvalue weighted by molar-refractivity contribution is -0.173. The van der Waals surface area contributed by atoms with Gasteiger partial charge in [0.1, 0.15) is 23.2 Å². The number of ketones is 3. The Labute approximate surface area is 274 Å². The number of allylic oxidation sites excluding steroid dienone is 1. The lowest BCUT2D eigenvalue weighted by atomic mass is 9.46. The standard InChI is InChI=1S/C36H45NO10/c1-4-46-33(44)27(17-21-5-8-23(38)9-6-21)37-30(42)11-12-31(43)47-20-29(41)36(45)16-14-26-25-10-7-22-18-24(39)13-15-34(22,2)32(25)28(40)19-35(26,36)3/h5-6,8-9,18,25-27,32,38,45H,4,7,10-17,19-20H2,1-3H3,(H,37,42)/t25-,26+,27-,32-,34+,35+,36-/m1/s1. The second-order valence-electron chi connectivity index (χ2n) is 14.1. The Hall–Kier alpha value is -3.86. The molecule has 3 fully saturated rings. The molecule has 0 aliphatic heterocycles. The first-order valence-electron chi connectivity index (χ1n) is 16.6. The number of phenols is 1. The van der Waals surface area contributed by atoms with Gasteiger partial charge in [-0.1, -0.05) is 31.6 Å². The normalized spacial score (nSPS) is 31.8. The second kappa shape index (κ2) is 13.3. The van der Waals surface area contributed by atoms with Crippen molar-refractivity contribution in [3.63, 3.8) is 0 Å². The van der Waals surface area contributed by atoms with E-state index in [1.165, 1.54) is 12.1 Å². The minimum absolute atomic E-state index is 0.00744. The third-order valence-corrected chi connectivity index (χ3v) is 11.5. The Balaban J connectivity index is 1.16. The van der Waals surface area contributed by atoms with E-state index >= 15 is 0 Å². The molecule has 0 bridgehead atoms. The quantitative estimate of drug-likeness (QED) is 0.301. The SMILES string of the molecule is CCOC(=O)[C@@H](Cc1ccc(O)cc1)NC(=O)CCC(=O)OCC(=O)[C@]1(O)CC[C@H]2[C@H]3CCC4=CC(=O)CC[C@]4(C)[C@H]3C(=O)C[C@@]21C. The van der Waals surface area contributed by atoms with Gasteiger partial charge in [0, 0.05) is 37.0 Å². The van der Waals surface area contributed by atoms with Crippen molar-refractivity contribution in [2.45, 2.75) is 96.6 Å². The summed E-state index contributed by atoms with van der Waals surface area (Å²) in [4.78, 5) is 77.1. The van der Waals surface area contributed by atoms with Gasteiger partial charge in [-0.2, -0.15) is 0 Å². The first-order valence-corrected chi connectivity index (χ1v) is 16.6. The van der Waals surface area contributed by atoms with E-state index in [1.807, 2.05) is 0 Å². The van der Waals surface area contributed by atoms with Crippen LogP contribution in [0.4, 0.5) is 0 Å². The third kappa shape index (κ3) is 6.51. The van der Waals surface area contributed by atoms with Crippen molar-refractivity contribution in [1.82, 2.24) is 5.32 Å². The number of esters is 2. The number of nitrogens with one attached hydrogen (secondary N) is 1. The molecular formula is C36H45NO10. The molecule has 1 aromatic carbocycles. The number of rotatable bonds is 11. The minimum atomic E-state index is -1.84. The smallest absolute Gasteiger partial charge is 0.328 e. The maximum atomic E-state index is 13.8. The third-order valence-electron chi connectivity index (χ3n) is 11.5. The van der Waals surface area contributed by atoms with Gasteiger partial charge in [0.2, 0.25) is 11.7 Å². The Bertz CT molecular complexity index is 1480.